The Hall–Kier alpha value is -0.610. The molecular formula is C9H16N2O2. The van der Waals surface area contributed by atoms with Gasteiger partial charge in [0.15, 0.2) is 0 Å². The molecule has 0 aromatic heterocycles. The van der Waals surface area contributed by atoms with E-state index in [-0.39, 0.29) is 11.8 Å². The highest BCUT2D eigenvalue weighted by molar-refractivity contribution is 5.77. The number of carbonyl (C=O) groups is 1. The van der Waals surface area contributed by atoms with Gasteiger partial charge >= 0.3 is 0 Å². The standard InChI is InChI=1S/C9H16N2O2/c1-11(13)9(12)6-4-7-2-3-8(5-6)10-7/h6-8,10,13H,2-5H2,1H3. The minimum Gasteiger partial charge on any atom is -0.311 e. The molecule has 2 aliphatic heterocycles. The Morgan fingerprint density at radius 2 is 1.92 bits per heavy atom. The van der Waals surface area contributed by atoms with Gasteiger partial charge in [0, 0.05) is 25.0 Å². The van der Waals surface area contributed by atoms with Gasteiger partial charge in [0.1, 0.15) is 0 Å². The number of fused-ring (bicyclic) bond motifs is 2. The van der Waals surface area contributed by atoms with Crippen molar-refractivity contribution in [1.29, 1.82) is 0 Å². The van der Waals surface area contributed by atoms with E-state index in [4.69, 9.17) is 5.21 Å². The fourth-order valence-electron chi connectivity index (χ4n) is 2.52. The van der Waals surface area contributed by atoms with E-state index in [1.165, 1.54) is 19.9 Å². The van der Waals surface area contributed by atoms with Crippen LogP contribution in [0.5, 0.6) is 0 Å². The number of piperidine rings is 1. The largest absolute Gasteiger partial charge is 0.311 e. The zero-order valence-corrected chi connectivity index (χ0v) is 7.86. The molecule has 2 atom stereocenters. The maximum absolute atomic E-state index is 11.5. The molecule has 0 saturated carbocycles. The zero-order chi connectivity index (χ0) is 9.42. The topological polar surface area (TPSA) is 52.6 Å². The van der Waals surface area contributed by atoms with Gasteiger partial charge in [-0.1, -0.05) is 0 Å². The number of hydroxylamine groups is 2. The molecule has 4 nitrogen and oxygen atoms in total. The highest BCUT2D eigenvalue weighted by atomic mass is 16.5. The Kier molecular flexibility index (Phi) is 2.26. The average Bonchev–Trinajstić information content (AvgIpc) is 2.44. The fraction of sp³-hybridized carbons (Fsp3) is 0.889. The number of hydrogen-bond acceptors (Lipinski definition) is 3. The molecule has 2 N–H and O–H groups in total. The van der Waals surface area contributed by atoms with Crippen molar-refractivity contribution >= 4 is 5.91 Å². The molecule has 2 bridgehead atoms. The number of nitrogens with zero attached hydrogens (tertiary/aromatic N) is 1. The lowest BCUT2D eigenvalue weighted by Crippen LogP contribution is -2.43. The molecule has 0 radical (unpaired) electrons. The molecule has 2 aliphatic rings. The van der Waals surface area contributed by atoms with Crippen molar-refractivity contribution in [1.82, 2.24) is 10.4 Å². The second-order valence-electron chi connectivity index (χ2n) is 4.17. The highest BCUT2D eigenvalue weighted by Crippen LogP contribution is 2.31. The molecule has 2 heterocycles. The van der Waals surface area contributed by atoms with Crippen LogP contribution in [-0.4, -0.2) is 35.3 Å². The van der Waals surface area contributed by atoms with Gasteiger partial charge in [-0.25, -0.2) is 5.06 Å². The van der Waals surface area contributed by atoms with Crippen LogP contribution in [-0.2, 0) is 4.79 Å². The lowest BCUT2D eigenvalue weighted by atomic mass is 9.92. The summed E-state index contributed by atoms with van der Waals surface area (Å²) in [6.07, 6.45) is 4.15. The quantitative estimate of drug-likeness (QED) is 0.457. The van der Waals surface area contributed by atoms with Crippen molar-refractivity contribution < 1.29 is 10.0 Å². The van der Waals surface area contributed by atoms with E-state index in [0.29, 0.717) is 12.1 Å². The molecule has 4 heteroatoms. The second-order valence-corrected chi connectivity index (χ2v) is 4.17. The summed E-state index contributed by atoms with van der Waals surface area (Å²) in [5.41, 5.74) is 0. The van der Waals surface area contributed by atoms with Crippen molar-refractivity contribution in [3.8, 4) is 0 Å². The third-order valence-corrected chi connectivity index (χ3v) is 3.14. The Labute approximate surface area is 77.9 Å². The summed E-state index contributed by atoms with van der Waals surface area (Å²) in [7, 11) is 1.41. The van der Waals surface area contributed by atoms with Gasteiger partial charge in [-0.05, 0) is 25.7 Å². The Morgan fingerprint density at radius 1 is 1.38 bits per heavy atom. The molecule has 0 aromatic carbocycles. The van der Waals surface area contributed by atoms with Crippen LogP contribution in [0.1, 0.15) is 25.7 Å². The molecular weight excluding hydrogens is 168 g/mol. The van der Waals surface area contributed by atoms with Crippen molar-refractivity contribution in [2.24, 2.45) is 5.92 Å². The van der Waals surface area contributed by atoms with E-state index in [1.807, 2.05) is 0 Å². The SMILES string of the molecule is CN(O)C(=O)C1CC2CCC(C1)N2. The molecule has 74 valence electrons. The first-order valence-corrected chi connectivity index (χ1v) is 4.89. The van der Waals surface area contributed by atoms with Crippen LogP contribution in [0.4, 0.5) is 0 Å². The minimum atomic E-state index is -0.126. The number of carbonyl (C=O) groups excluding carboxylic acids is 1. The predicted molar refractivity (Wildman–Crippen MR) is 47.2 cm³/mol. The molecule has 13 heavy (non-hydrogen) atoms. The predicted octanol–water partition coefficient (Wildman–Crippen LogP) is 0.365. The van der Waals surface area contributed by atoms with Crippen molar-refractivity contribution in [3.05, 3.63) is 0 Å². The van der Waals surface area contributed by atoms with Gasteiger partial charge in [-0.3, -0.25) is 10.0 Å². The van der Waals surface area contributed by atoms with E-state index < -0.39 is 0 Å². The summed E-state index contributed by atoms with van der Waals surface area (Å²) in [5.74, 6) is -0.0906. The van der Waals surface area contributed by atoms with E-state index in [2.05, 4.69) is 5.32 Å². The van der Waals surface area contributed by atoms with Crippen LogP contribution in [0, 0.1) is 5.92 Å². The Balaban J connectivity index is 1.98. The molecule has 1 amide bonds. The van der Waals surface area contributed by atoms with Crippen LogP contribution < -0.4 is 5.32 Å². The van der Waals surface area contributed by atoms with Crippen LogP contribution in [0.15, 0.2) is 0 Å². The molecule has 0 aliphatic carbocycles. The minimum absolute atomic E-state index is 0.0359. The first-order valence-electron chi connectivity index (χ1n) is 4.89. The number of hydrogen-bond donors (Lipinski definition) is 2. The first kappa shape index (κ1) is 8.97. The zero-order valence-electron chi connectivity index (χ0n) is 7.86. The normalized spacial score (nSPS) is 37.5. The van der Waals surface area contributed by atoms with Gasteiger partial charge in [0.25, 0.3) is 0 Å². The summed E-state index contributed by atoms with van der Waals surface area (Å²) in [5, 5.41) is 13.2. The molecule has 2 unspecified atom stereocenters. The van der Waals surface area contributed by atoms with Crippen molar-refractivity contribution in [2.75, 3.05) is 7.05 Å². The van der Waals surface area contributed by atoms with Crippen molar-refractivity contribution in [3.63, 3.8) is 0 Å². The number of amides is 1. The fourth-order valence-corrected chi connectivity index (χ4v) is 2.52. The van der Waals surface area contributed by atoms with Gasteiger partial charge in [0.2, 0.25) is 5.91 Å². The molecule has 0 aromatic rings. The molecule has 0 spiro atoms. The molecule has 2 saturated heterocycles. The maximum atomic E-state index is 11.5. The maximum Gasteiger partial charge on any atom is 0.248 e. The lowest BCUT2D eigenvalue weighted by Gasteiger charge is -2.29. The average molecular weight is 184 g/mol. The van der Waals surface area contributed by atoms with Crippen LogP contribution in [0.2, 0.25) is 0 Å². The van der Waals surface area contributed by atoms with Crippen molar-refractivity contribution in [2.45, 2.75) is 37.8 Å². The summed E-state index contributed by atoms with van der Waals surface area (Å²) < 4.78 is 0. The van der Waals surface area contributed by atoms with Gasteiger partial charge in [-0.2, -0.15) is 0 Å². The Morgan fingerprint density at radius 3 is 2.38 bits per heavy atom. The number of rotatable bonds is 1. The van der Waals surface area contributed by atoms with Gasteiger partial charge in [-0.15, -0.1) is 0 Å². The van der Waals surface area contributed by atoms with Crippen LogP contribution in [0.3, 0.4) is 0 Å². The smallest absolute Gasteiger partial charge is 0.248 e. The summed E-state index contributed by atoms with van der Waals surface area (Å²) >= 11 is 0. The van der Waals surface area contributed by atoms with Crippen LogP contribution >= 0.6 is 0 Å². The van der Waals surface area contributed by atoms with E-state index in [0.717, 1.165) is 17.9 Å². The van der Waals surface area contributed by atoms with E-state index in [9.17, 15) is 4.79 Å². The van der Waals surface area contributed by atoms with Gasteiger partial charge in [0.05, 0.1) is 0 Å². The number of nitrogens with one attached hydrogen (secondary N) is 1. The summed E-state index contributed by atoms with van der Waals surface area (Å²) in [6, 6.07) is 1.01. The third-order valence-electron chi connectivity index (χ3n) is 3.14. The highest BCUT2D eigenvalue weighted by Gasteiger charge is 2.37. The van der Waals surface area contributed by atoms with Crippen LogP contribution in [0.25, 0.3) is 0 Å². The third kappa shape index (κ3) is 1.69. The first-order chi connectivity index (χ1) is 6.16. The van der Waals surface area contributed by atoms with E-state index >= 15 is 0 Å². The lowest BCUT2D eigenvalue weighted by molar-refractivity contribution is -0.165. The second kappa shape index (κ2) is 3.27. The molecule has 2 fully saturated rings. The summed E-state index contributed by atoms with van der Waals surface area (Å²) in [4.78, 5) is 11.5. The van der Waals surface area contributed by atoms with E-state index in [1.54, 1.807) is 0 Å². The summed E-state index contributed by atoms with van der Waals surface area (Å²) in [6.45, 7) is 0. The Bertz CT molecular complexity index is 206. The van der Waals surface area contributed by atoms with Gasteiger partial charge < -0.3 is 5.32 Å². The molecule has 2 rings (SSSR count). The monoisotopic (exact) mass is 184 g/mol.